The molecule has 2 aromatic rings. The molecule has 0 aliphatic carbocycles. The van der Waals surface area contributed by atoms with Crippen LogP contribution in [-0.2, 0) is 0 Å². The lowest BCUT2D eigenvalue weighted by Crippen LogP contribution is -2.46. The molecule has 1 fully saturated rings. The van der Waals surface area contributed by atoms with Crippen molar-refractivity contribution in [2.75, 3.05) is 42.9 Å². The number of piperazine rings is 1. The van der Waals surface area contributed by atoms with Gasteiger partial charge in [-0.05, 0) is 55.4 Å². The number of hydrogen-bond donors (Lipinski definition) is 1. The molecule has 1 aliphatic heterocycles. The second-order valence-electron chi connectivity index (χ2n) is 6.38. The number of nitrogens with one attached hydrogen (secondary N) is 1. The summed E-state index contributed by atoms with van der Waals surface area (Å²) < 4.78 is 13.4. The third kappa shape index (κ3) is 4.17. The maximum atomic E-state index is 13.4. The van der Waals surface area contributed by atoms with E-state index < -0.39 is 0 Å². The zero-order chi connectivity index (χ0) is 17.8. The van der Waals surface area contributed by atoms with Gasteiger partial charge in [0.05, 0.1) is 0 Å². The van der Waals surface area contributed by atoms with Crippen molar-refractivity contribution in [3.05, 3.63) is 59.4 Å². The van der Waals surface area contributed by atoms with E-state index in [1.54, 1.807) is 6.07 Å². The number of likely N-dealkylation sites (N-methyl/N-ethyl adjacent to an activating group) is 1. The van der Waals surface area contributed by atoms with Crippen LogP contribution in [0, 0.1) is 12.7 Å². The first kappa shape index (κ1) is 17.4. The molecule has 1 saturated heterocycles. The molecule has 1 N–H and O–H groups in total. The molecular formula is C20H24FN3O. The summed E-state index contributed by atoms with van der Waals surface area (Å²) in [5.74, 6) is -0.585. The van der Waals surface area contributed by atoms with Gasteiger partial charge in [0.2, 0.25) is 0 Å². The van der Waals surface area contributed by atoms with Crippen molar-refractivity contribution in [3.8, 4) is 0 Å². The lowest BCUT2D eigenvalue weighted by atomic mass is 10.1. The number of amides is 1. The van der Waals surface area contributed by atoms with Gasteiger partial charge in [-0.3, -0.25) is 4.79 Å². The molecule has 0 spiro atoms. The Morgan fingerprint density at radius 2 is 1.76 bits per heavy atom. The van der Waals surface area contributed by atoms with Gasteiger partial charge in [0.15, 0.2) is 0 Å². The maximum absolute atomic E-state index is 13.4. The summed E-state index contributed by atoms with van der Waals surface area (Å²) >= 11 is 0. The number of rotatable bonds is 4. The standard InChI is InChI=1S/C20H24FN3O/c1-3-23-10-12-24(13-11-23)18-8-5-16(6-9-18)20(25)22-19-14-17(21)7-4-15(19)2/h4-9,14H,3,10-13H2,1-2H3,(H,22,25). The molecule has 5 heteroatoms. The van der Waals surface area contributed by atoms with E-state index in [1.165, 1.54) is 12.1 Å². The molecule has 4 nitrogen and oxygen atoms in total. The monoisotopic (exact) mass is 341 g/mol. The highest BCUT2D eigenvalue weighted by Crippen LogP contribution is 2.20. The molecule has 132 valence electrons. The van der Waals surface area contributed by atoms with Crippen molar-refractivity contribution in [3.63, 3.8) is 0 Å². The first-order valence-corrected chi connectivity index (χ1v) is 8.71. The van der Waals surface area contributed by atoms with E-state index in [9.17, 15) is 9.18 Å². The summed E-state index contributed by atoms with van der Waals surface area (Å²) in [4.78, 5) is 17.2. The summed E-state index contributed by atoms with van der Waals surface area (Å²) in [5, 5.41) is 2.78. The number of anilines is 2. The minimum absolute atomic E-state index is 0.226. The van der Waals surface area contributed by atoms with Crippen LogP contribution in [0.3, 0.4) is 0 Å². The minimum atomic E-state index is -0.359. The Hall–Kier alpha value is -2.40. The van der Waals surface area contributed by atoms with Crippen LogP contribution in [0.1, 0.15) is 22.8 Å². The zero-order valence-corrected chi connectivity index (χ0v) is 14.8. The SMILES string of the molecule is CCN1CCN(c2ccc(C(=O)Nc3cc(F)ccc3C)cc2)CC1. The van der Waals surface area contributed by atoms with Gasteiger partial charge in [-0.25, -0.2) is 4.39 Å². The summed E-state index contributed by atoms with van der Waals surface area (Å²) in [7, 11) is 0. The molecule has 0 unspecified atom stereocenters. The first-order chi connectivity index (χ1) is 12.1. The van der Waals surface area contributed by atoms with Crippen LogP contribution < -0.4 is 10.2 Å². The van der Waals surface area contributed by atoms with E-state index in [0.717, 1.165) is 44.0 Å². The van der Waals surface area contributed by atoms with Crippen LogP contribution in [0.2, 0.25) is 0 Å². The molecule has 2 aromatic carbocycles. The van der Waals surface area contributed by atoms with E-state index in [1.807, 2.05) is 31.2 Å². The fraction of sp³-hybridized carbons (Fsp3) is 0.350. The van der Waals surface area contributed by atoms with Crippen LogP contribution in [0.25, 0.3) is 0 Å². The van der Waals surface area contributed by atoms with Gasteiger partial charge in [0.1, 0.15) is 5.82 Å². The van der Waals surface area contributed by atoms with E-state index in [4.69, 9.17) is 0 Å². The van der Waals surface area contributed by atoms with Gasteiger partial charge in [-0.1, -0.05) is 13.0 Å². The minimum Gasteiger partial charge on any atom is -0.369 e. The highest BCUT2D eigenvalue weighted by Gasteiger charge is 2.16. The van der Waals surface area contributed by atoms with Crippen molar-refractivity contribution in [2.24, 2.45) is 0 Å². The number of halogens is 1. The molecule has 0 radical (unpaired) electrons. The van der Waals surface area contributed by atoms with Crippen molar-refractivity contribution in [1.29, 1.82) is 0 Å². The fourth-order valence-electron chi connectivity index (χ4n) is 3.07. The van der Waals surface area contributed by atoms with Crippen LogP contribution in [0.5, 0.6) is 0 Å². The normalized spacial score (nSPS) is 15.2. The zero-order valence-electron chi connectivity index (χ0n) is 14.8. The molecule has 0 atom stereocenters. The van der Waals surface area contributed by atoms with Crippen molar-refractivity contribution in [2.45, 2.75) is 13.8 Å². The number of hydrogen-bond acceptors (Lipinski definition) is 3. The Morgan fingerprint density at radius 3 is 2.40 bits per heavy atom. The van der Waals surface area contributed by atoms with Gasteiger partial charge in [0.25, 0.3) is 5.91 Å². The molecule has 0 saturated carbocycles. The summed E-state index contributed by atoms with van der Waals surface area (Å²) in [5.41, 5.74) is 3.04. The molecule has 25 heavy (non-hydrogen) atoms. The average Bonchev–Trinajstić information content (AvgIpc) is 2.65. The highest BCUT2D eigenvalue weighted by molar-refractivity contribution is 6.04. The van der Waals surface area contributed by atoms with Gasteiger partial charge in [0, 0.05) is 43.1 Å². The predicted molar refractivity (Wildman–Crippen MR) is 99.9 cm³/mol. The van der Waals surface area contributed by atoms with E-state index in [2.05, 4.69) is 22.0 Å². The van der Waals surface area contributed by atoms with Gasteiger partial charge < -0.3 is 15.1 Å². The van der Waals surface area contributed by atoms with E-state index >= 15 is 0 Å². The second-order valence-corrected chi connectivity index (χ2v) is 6.38. The van der Waals surface area contributed by atoms with Crippen LogP contribution >= 0.6 is 0 Å². The van der Waals surface area contributed by atoms with E-state index in [-0.39, 0.29) is 11.7 Å². The van der Waals surface area contributed by atoms with Gasteiger partial charge in [-0.2, -0.15) is 0 Å². The number of carbonyl (C=O) groups excluding carboxylic acids is 1. The third-order valence-corrected chi connectivity index (χ3v) is 4.76. The smallest absolute Gasteiger partial charge is 0.255 e. The third-order valence-electron chi connectivity index (χ3n) is 4.76. The van der Waals surface area contributed by atoms with Gasteiger partial charge in [-0.15, -0.1) is 0 Å². The molecule has 0 aromatic heterocycles. The Labute approximate surface area is 148 Å². The Bertz CT molecular complexity index is 737. The van der Waals surface area contributed by atoms with Crippen molar-refractivity contribution in [1.82, 2.24) is 4.90 Å². The number of carbonyl (C=O) groups is 1. The number of nitrogens with zero attached hydrogens (tertiary/aromatic N) is 2. The summed E-state index contributed by atoms with van der Waals surface area (Å²) in [6, 6.07) is 12.0. The lowest BCUT2D eigenvalue weighted by Gasteiger charge is -2.35. The average molecular weight is 341 g/mol. The summed E-state index contributed by atoms with van der Waals surface area (Å²) in [6.07, 6.45) is 0. The molecule has 3 rings (SSSR count). The molecule has 1 heterocycles. The highest BCUT2D eigenvalue weighted by atomic mass is 19.1. The van der Waals surface area contributed by atoms with Crippen LogP contribution in [-0.4, -0.2) is 43.5 Å². The molecular weight excluding hydrogens is 317 g/mol. The largest absolute Gasteiger partial charge is 0.369 e. The Balaban J connectivity index is 1.66. The van der Waals surface area contributed by atoms with E-state index in [0.29, 0.717) is 11.3 Å². The van der Waals surface area contributed by atoms with Crippen molar-refractivity contribution < 1.29 is 9.18 Å². The van der Waals surface area contributed by atoms with Crippen LogP contribution in [0.15, 0.2) is 42.5 Å². The van der Waals surface area contributed by atoms with Crippen LogP contribution in [0.4, 0.5) is 15.8 Å². The lowest BCUT2D eigenvalue weighted by molar-refractivity contribution is 0.102. The molecule has 1 aliphatic rings. The van der Waals surface area contributed by atoms with Crippen molar-refractivity contribution >= 4 is 17.3 Å². The number of aryl methyl sites for hydroxylation is 1. The Morgan fingerprint density at radius 1 is 1.08 bits per heavy atom. The summed E-state index contributed by atoms with van der Waals surface area (Å²) in [6.45, 7) is 9.25. The fourth-order valence-corrected chi connectivity index (χ4v) is 3.07. The Kier molecular flexibility index (Phi) is 5.34. The maximum Gasteiger partial charge on any atom is 0.255 e. The predicted octanol–water partition coefficient (Wildman–Crippen LogP) is 3.53. The van der Waals surface area contributed by atoms with Gasteiger partial charge >= 0.3 is 0 Å². The molecule has 1 amide bonds. The molecule has 0 bridgehead atoms. The first-order valence-electron chi connectivity index (χ1n) is 8.71. The quantitative estimate of drug-likeness (QED) is 0.924. The topological polar surface area (TPSA) is 35.6 Å². The second kappa shape index (κ2) is 7.66. The number of benzene rings is 2.